The molecule has 4 nitrogen and oxygen atoms in total. The zero-order valence-corrected chi connectivity index (χ0v) is 11.3. The van der Waals surface area contributed by atoms with Gasteiger partial charge in [0.25, 0.3) is 0 Å². The van der Waals surface area contributed by atoms with Gasteiger partial charge in [-0.1, -0.05) is 0 Å². The Bertz CT molecular complexity index is 493. The van der Waals surface area contributed by atoms with E-state index in [9.17, 15) is 9.59 Å². The minimum atomic E-state index is -0.648. The minimum absolute atomic E-state index is 0.136. The van der Waals surface area contributed by atoms with E-state index < -0.39 is 11.9 Å². The molecule has 0 bridgehead atoms. The van der Waals surface area contributed by atoms with E-state index in [1.807, 2.05) is 13.0 Å². The largest absolute Gasteiger partial charge is 0.494 e. The normalized spacial score (nSPS) is 17.8. The monoisotopic (exact) mass is 262 g/mol. The number of hydrogen-bond donors (Lipinski definition) is 0. The molecule has 0 heterocycles. The summed E-state index contributed by atoms with van der Waals surface area (Å²) in [6, 6.07) is 5.40. The van der Waals surface area contributed by atoms with Crippen LogP contribution in [0.1, 0.15) is 36.2 Å². The summed E-state index contributed by atoms with van der Waals surface area (Å²) in [5.74, 6) is -0.427. The molecule has 1 aliphatic rings. The maximum Gasteiger partial charge on any atom is 0.316 e. The van der Waals surface area contributed by atoms with E-state index in [4.69, 9.17) is 9.47 Å². The predicted octanol–water partition coefficient (Wildman–Crippen LogP) is 2.39. The quantitative estimate of drug-likeness (QED) is 0.617. The molecular formula is C15H18O4. The van der Waals surface area contributed by atoms with Gasteiger partial charge in [0.1, 0.15) is 11.7 Å². The summed E-state index contributed by atoms with van der Waals surface area (Å²) in [5, 5.41) is 0. The summed E-state index contributed by atoms with van der Waals surface area (Å²) >= 11 is 0. The zero-order valence-electron chi connectivity index (χ0n) is 11.3. The molecule has 1 aromatic carbocycles. The van der Waals surface area contributed by atoms with Gasteiger partial charge < -0.3 is 9.47 Å². The first-order valence-corrected chi connectivity index (χ1v) is 6.64. The molecule has 0 saturated heterocycles. The third-order valence-corrected chi connectivity index (χ3v) is 3.24. The minimum Gasteiger partial charge on any atom is -0.494 e. The van der Waals surface area contributed by atoms with Crippen molar-refractivity contribution in [2.45, 2.75) is 26.7 Å². The van der Waals surface area contributed by atoms with Crippen molar-refractivity contribution in [3.8, 4) is 5.75 Å². The number of ketones is 1. The second kappa shape index (κ2) is 5.87. The highest BCUT2D eigenvalue weighted by atomic mass is 16.5. The van der Waals surface area contributed by atoms with Crippen molar-refractivity contribution in [1.29, 1.82) is 0 Å². The third kappa shape index (κ3) is 2.78. The highest BCUT2D eigenvalue weighted by molar-refractivity contribution is 6.10. The average Bonchev–Trinajstić information content (AvgIpc) is 2.39. The molecule has 1 aromatic rings. The van der Waals surface area contributed by atoms with Crippen molar-refractivity contribution in [3.05, 3.63) is 29.3 Å². The summed E-state index contributed by atoms with van der Waals surface area (Å²) < 4.78 is 10.4. The first-order chi connectivity index (χ1) is 9.17. The zero-order chi connectivity index (χ0) is 13.8. The highest BCUT2D eigenvalue weighted by Gasteiger charge is 2.33. The molecule has 0 aromatic heterocycles. The molecule has 1 unspecified atom stereocenters. The maximum absolute atomic E-state index is 12.3. The number of hydrogen-bond acceptors (Lipinski definition) is 4. The second-order valence-electron chi connectivity index (χ2n) is 4.46. The van der Waals surface area contributed by atoms with Gasteiger partial charge in [-0.15, -0.1) is 0 Å². The van der Waals surface area contributed by atoms with Gasteiger partial charge in [-0.2, -0.15) is 0 Å². The van der Waals surface area contributed by atoms with Crippen LogP contribution in [0.3, 0.4) is 0 Å². The Morgan fingerprint density at radius 2 is 2.11 bits per heavy atom. The van der Waals surface area contributed by atoms with Gasteiger partial charge in [-0.3, -0.25) is 9.59 Å². The predicted molar refractivity (Wildman–Crippen MR) is 70.4 cm³/mol. The smallest absolute Gasteiger partial charge is 0.316 e. The SMILES string of the molecule is CCOC(=O)C1CCc2cc(OCC)ccc2C1=O. The fourth-order valence-electron chi connectivity index (χ4n) is 2.36. The van der Waals surface area contributed by atoms with Crippen molar-refractivity contribution in [1.82, 2.24) is 0 Å². The molecule has 1 atom stereocenters. The number of carbonyl (C=O) groups is 2. The lowest BCUT2D eigenvalue weighted by molar-refractivity contribution is -0.146. The third-order valence-electron chi connectivity index (χ3n) is 3.24. The molecule has 0 spiro atoms. The average molecular weight is 262 g/mol. The molecule has 4 heteroatoms. The van der Waals surface area contributed by atoms with E-state index in [0.717, 1.165) is 11.3 Å². The number of ether oxygens (including phenoxy) is 2. The first-order valence-electron chi connectivity index (χ1n) is 6.64. The maximum atomic E-state index is 12.3. The van der Waals surface area contributed by atoms with Crippen LogP contribution in [0.5, 0.6) is 5.75 Å². The van der Waals surface area contributed by atoms with Crippen molar-refractivity contribution < 1.29 is 19.1 Å². The molecule has 0 aliphatic heterocycles. The van der Waals surface area contributed by atoms with Gasteiger partial charge in [-0.25, -0.2) is 0 Å². The van der Waals surface area contributed by atoms with E-state index in [-0.39, 0.29) is 5.78 Å². The Balaban J connectivity index is 2.22. The van der Waals surface area contributed by atoms with Gasteiger partial charge in [-0.05, 0) is 50.5 Å². The van der Waals surface area contributed by atoms with Crippen LogP contribution in [-0.2, 0) is 16.0 Å². The summed E-state index contributed by atoms with van der Waals surface area (Å²) in [4.78, 5) is 24.0. The molecule has 0 amide bonds. The molecule has 0 saturated carbocycles. The number of benzene rings is 1. The molecule has 0 fully saturated rings. The lowest BCUT2D eigenvalue weighted by atomic mass is 9.82. The van der Waals surface area contributed by atoms with Crippen LogP contribution >= 0.6 is 0 Å². The molecule has 1 aliphatic carbocycles. The Morgan fingerprint density at radius 1 is 1.32 bits per heavy atom. The lowest BCUT2D eigenvalue weighted by Crippen LogP contribution is -2.31. The fourth-order valence-corrected chi connectivity index (χ4v) is 2.36. The summed E-state index contributed by atoms with van der Waals surface area (Å²) in [6.07, 6.45) is 1.21. The lowest BCUT2D eigenvalue weighted by Gasteiger charge is -2.22. The van der Waals surface area contributed by atoms with Crippen LogP contribution in [0.4, 0.5) is 0 Å². The van der Waals surface area contributed by atoms with E-state index in [2.05, 4.69) is 0 Å². The Kier molecular flexibility index (Phi) is 4.20. The van der Waals surface area contributed by atoms with Crippen LogP contribution in [0.2, 0.25) is 0 Å². The summed E-state index contributed by atoms with van der Waals surface area (Å²) in [5.41, 5.74) is 1.57. The molecule has 2 rings (SSSR count). The van der Waals surface area contributed by atoms with Crippen molar-refractivity contribution in [2.24, 2.45) is 5.92 Å². The van der Waals surface area contributed by atoms with Crippen molar-refractivity contribution >= 4 is 11.8 Å². The Hall–Kier alpha value is -1.84. The van der Waals surface area contributed by atoms with Gasteiger partial charge in [0.15, 0.2) is 5.78 Å². The van der Waals surface area contributed by atoms with E-state index in [1.54, 1.807) is 19.1 Å². The van der Waals surface area contributed by atoms with Crippen LogP contribution in [0.25, 0.3) is 0 Å². The van der Waals surface area contributed by atoms with Crippen molar-refractivity contribution in [3.63, 3.8) is 0 Å². The van der Waals surface area contributed by atoms with Crippen LogP contribution in [-0.4, -0.2) is 25.0 Å². The molecule has 19 heavy (non-hydrogen) atoms. The second-order valence-corrected chi connectivity index (χ2v) is 4.46. The first kappa shape index (κ1) is 13.6. The fraction of sp³-hybridized carbons (Fsp3) is 0.467. The van der Waals surface area contributed by atoms with Crippen LogP contribution in [0, 0.1) is 5.92 Å². The molecular weight excluding hydrogens is 244 g/mol. The molecule has 102 valence electrons. The Morgan fingerprint density at radius 3 is 2.79 bits per heavy atom. The van der Waals surface area contributed by atoms with Gasteiger partial charge >= 0.3 is 5.97 Å². The summed E-state index contributed by atoms with van der Waals surface area (Å²) in [6.45, 7) is 4.56. The summed E-state index contributed by atoms with van der Waals surface area (Å²) in [7, 11) is 0. The topological polar surface area (TPSA) is 52.6 Å². The number of fused-ring (bicyclic) bond motifs is 1. The number of rotatable bonds is 4. The van der Waals surface area contributed by atoms with Gasteiger partial charge in [0.05, 0.1) is 13.2 Å². The Labute approximate surface area is 112 Å². The van der Waals surface area contributed by atoms with E-state index >= 15 is 0 Å². The number of carbonyl (C=O) groups excluding carboxylic acids is 2. The van der Waals surface area contributed by atoms with Gasteiger partial charge in [0, 0.05) is 5.56 Å². The van der Waals surface area contributed by atoms with Crippen LogP contribution < -0.4 is 4.74 Å². The number of Topliss-reactive ketones (excluding diaryl/α,β-unsaturated/α-hetero) is 1. The van der Waals surface area contributed by atoms with E-state index in [1.165, 1.54) is 0 Å². The van der Waals surface area contributed by atoms with Crippen molar-refractivity contribution in [2.75, 3.05) is 13.2 Å². The molecule has 0 N–H and O–H groups in total. The standard InChI is InChI=1S/C15H18O4/c1-3-18-11-6-8-12-10(9-11)5-7-13(14(12)16)15(17)19-4-2/h6,8-9,13H,3-5,7H2,1-2H3. The number of esters is 1. The van der Waals surface area contributed by atoms with Crippen LogP contribution in [0.15, 0.2) is 18.2 Å². The number of aryl methyl sites for hydroxylation is 1. The van der Waals surface area contributed by atoms with Gasteiger partial charge in [0.2, 0.25) is 0 Å². The highest BCUT2D eigenvalue weighted by Crippen LogP contribution is 2.29. The van der Waals surface area contributed by atoms with E-state index in [0.29, 0.717) is 31.6 Å². The molecule has 0 radical (unpaired) electrons.